The third kappa shape index (κ3) is 5.76. The van der Waals surface area contributed by atoms with E-state index < -0.39 is 35.6 Å². The van der Waals surface area contributed by atoms with Gasteiger partial charge in [-0.3, -0.25) is 14.5 Å². The number of carbonyl (C=O) groups excluding carboxylic acids is 3. The van der Waals surface area contributed by atoms with Gasteiger partial charge in [-0.05, 0) is 33.6 Å². The normalized spacial score (nSPS) is 18.6. The molecule has 0 saturated heterocycles. The molecule has 0 spiro atoms. The van der Waals surface area contributed by atoms with E-state index in [-0.39, 0.29) is 0 Å². The molecular weight excluding hydrogens is 324 g/mol. The predicted molar refractivity (Wildman–Crippen MR) is 93.7 cm³/mol. The first-order valence-electron chi connectivity index (χ1n) is 8.76. The second-order valence-corrected chi connectivity index (χ2v) is 7.09. The maximum Gasteiger partial charge on any atom is 0.408 e. The van der Waals surface area contributed by atoms with Crippen LogP contribution in [-0.2, 0) is 19.1 Å². The summed E-state index contributed by atoms with van der Waals surface area (Å²) in [5.74, 6) is -0.362. The number of alkyl carbamates (subject to hydrolysis) is 1. The molecule has 3 amide bonds. The summed E-state index contributed by atoms with van der Waals surface area (Å²) in [5.41, 5.74) is -0.664. The van der Waals surface area contributed by atoms with Gasteiger partial charge in [-0.2, -0.15) is 0 Å². The van der Waals surface area contributed by atoms with E-state index >= 15 is 0 Å². The molecule has 1 aliphatic heterocycles. The molecule has 1 heterocycles. The highest BCUT2D eigenvalue weighted by Crippen LogP contribution is 2.25. The Morgan fingerprint density at radius 2 is 1.92 bits per heavy atom. The Morgan fingerprint density at radius 1 is 1.28 bits per heavy atom. The molecule has 0 unspecified atom stereocenters. The number of imide groups is 1. The minimum atomic E-state index is -0.812. The molecule has 7 heteroatoms. The van der Waals surface area contributed by atoms with Crippen molar-refractivity contribution in [3.05, 3.63) is 11.8 Å². The molecule has 0 fully saturated rings. The van der Waals surface area contributed by atoms with Crippen molar-refractivity contribution in [1.29, 1.82) is 0 Å². The van der Waals surface area contributed by atoms with Crippen molar-refractivity contribution in [2.24, 2.45) is 0 Å². The summed E-state index contributed by atoms with van der Waals surface area (Å²) in [6.45, 7) is 9.13. The molecule has 142 valence electrons. The van der Waals surface area contributed by atoms with Gasteiger partial charge in [-0.1, -0.05) is 26.7 Å². The summed E-state index contributed by atoms with van der Waals surface area (Å²) >= 11 is 0. The maximum atomic E-state index is 12.9. The molecule has 7 nitrogen and oxygen atoms in total. The minimum absolute atomic E-state index is 0.410. The van der Waals surface area contributed by atoms with Crippen LogP contribution in [0.3, 0.4) is 0 Å². The van der Waals surface area contributed by atoms with E-state index in [4.69, 9.17) is 9.47 Å². The molecule has 1 N–H and O–H groups in total. The Balaban J connectivity index is 2.94. The van der Waals surface area contributed by atoms with Crippen LogP contribution in [0.4, 0.5) is 4.79 Å². The van der Waals surface area contributed by atoms with Gasteiger partial charge in [0.1, 0.15) is 17.4 Å². The number of carbonyl (C=O) groups is 3. The van der Waals surface area contributed by atoms with Crippen molar-refractivity contribution in [2.45, 2.75) is 78.0 Å². The largest absolute Gasteiger partial charge is 0.499 e. The Hall–Kier alpha value is -2.05. The second kappa shape index (κ2) is 8.87. The standard InChI is InChI=1S/C18H30N2O5/c1-7-9-12(19-17(23)25-18(3,4)5)16(22)20-13(10-8-2)14(24-6)11-15(20)21/h11-13H,7-10H2,1-6H3,(H,19,23)/t12-,13+/m1/s1. The van der Waals surface area contributed by atoms with Gasteiger partial charge in [0.05, 0.1) is 13.2 Å². The molecular formula is C18H30N2O5. The number of rotatable bonds is 7. The Labute approximate surface area is 149 Å². The van der Waals surface area contributed by atoms with Gasteiger partial charge >= 0.3 is 6.09 Å². The van der Waals surface area contributed by atoms with Crippen molar-refractivity contribution in [3.8, 4) is 0 Å². The lowest BCUT2D eigenvalue weighted by molar-refractivity contribution is -0.144. The van der Waals surface area contributed by atoms with E-state index in [0.29, 0.717) is 25.0 Å². The van der Waals surface area contributed by atoms with Crippen molar-refractivity contribution >= 4 is 17.9 Å². The SMILES string of the molecule is CCC[C@@H](NC(=O)OC(C)(C)C)C(=O)N1C(=O)C=C(OC)[C@@H]1CCC. The average Bonchev–Trinajstić information content (AvgIpc) is 2.80. The van der Waals surface area contributed by atoms with Gasteiger partial charge in [-0.15, -0.1) is 0 Å². The van der Waals surface area contributed by atoms with Crippen LogP contribution in [0.2, 0.25) is 0 Å². The zero-order valence-corrected chi connectivity index (χ0v) is 16.0. The summed E-state index contributed by atoms with van der Waals surface area (Å²) in [4.78, 5) is 38.5. The zero-order chi connectivity index (χ0) is 19.2. The average molecular weight is 354 g/mol. The first-order valence-corrected chi connectivity index (χ1v) is 8.76. The lowest BCUT2D eigenvalue weighted by Gasteiger charge is -2.29. The molecule has 0 aromatic heterocycles. The third-order valence-electron chi connectivity index (χ3n) is 3.74. The quantitative estimate of drug-likeness (QED) is 0.760. The van der Waals surface area contributed by atoms with Gasteiger partial charge in [0, 0.05) is 6.08 Å². The number of nitrogens with one attached hydrogen (secondary N) is 1. The van der Waals surface area contributed by atoms with Crippen LogP contribution in [0.15, 0.2) is 11.8 Å². The fourth-order valence-electron chi connectivity index (χ4n) is 2.73. The Kier molecular flexibility index (Phi) is 7.45. The van der Waals surface area contributed by atoms with Gasteiger partial charge in [0.25, 0.3) is 11.8 Å². The fourth-order valence-corrected chi connectivity index (χ4v) is 2.73. The highest BCUT2D eigenvalue weighted by molar-refractivity contribution is 6.06. The molecule has 0 aliphatic carbocycles. The molecule has 0 bridgehead atoms. The number of hydrogen-bond donors (Lipinski definition) is 1. The van der Waals surface area contributed by atoms with Gasteiger partial charge in [-0.25, -0.2) is 4.79 Å². The molecule has 1 rings (SSSR count). The molecule has 25 heavy (non-hydrogen) atoms. The summed E-state index contributed by atoms with van der Waals surface area (Å²) in [6, 6.07) is -1.23. The summed E-state index contributed by atoms with van der Waals surface area (Å²) < 4.78 is 10.5. The number of hydrogen-bond acceptors (Lipinski definition) is 5. The van der Waals surface area contributed by atoms with Gasteiger partial charge in [0.15, 0.2) is 0 Å². The molecule has 0 aromatic rings. The lowest BCUT2D eigenvalue weighted by Crippen LogP contribution is -2.52. The number of nitrogens with zero attached hydrogens (tertiary/aromatic N) is 1. The van der Waals surface area contributed by atoms with E-state index in [1.165, 1.54) is 18.1 Å². The number of ether oxygens (including phenoxy) is 2. The minimum Gasteiger partial charge on any atom is -0.499 e. The van der Waals surface area contributed by atoms with Crippen LogP contribution < -0.4 is 5.32 Å². The zero-order valence-electron chi connectivity index (χ0n) is 16.0. The number of amides is 3. The van der Waals surface area contributed by atoms with E-state index in [0.717, 1.165) is 6.42 Å². The van der Waals surface area contributed by atoms with E-state index in [2.05, 4.69) is 5.32 Å². The van der Waals surface area contributed by atoms with Crippen molar-refractivity contribution in [1.82, 2.24) is 10.2 Å². The first-order chi connectivity index (χ1) is 11.6. The molecule has 0 saturated carbocycles. The van der Waals surface area contributed by atoms with E-state index in [1.807, 2.05) is 13.8 Å². The van der Waals surface area contributed by atoms with Gasteiger partial charge in [0.2, 0.25) is 0 Å². The van der Waals surface area contributed by atoms with Crippen LogP contribution in [0, 0.1) is 0 Å². The summed E-state index contributed by atoms with van der Waals surface area (Å²) in [6.07, 6.45) is 3.18. The molecule has 2 atom stereocenters. The van der Waals surface area contributed by atoms with Crippen molar-refractivity contribution in [2.75, 3.05) is 7.11 Å². The highest BCUT2D eigenvalue weighted by Gasteiger charge is 2.40. The third-order valence-corrected chi connectivity index (χ3v) is 3.74. The van der Waals surface area contributed by atoms with Crippen molar-refractivity contribution < 1.29 is 23.9 Å². The lowest BCUT2D eigenvalue weighted by atomic mass is 10.1. The van der Waals surface area contributed by atoms with Crippen LogP contribution in [0.5, 0.6) is 0 Å². The number of methoxy groups -OCH3 is 1. The maximum absolute atomic E-state index is 12.9. The topological polar surface area (TPSA) is 84.9 Å². The Morgan fingerprint density at radius 3 is 2.40 bits per heavy atom. The first kappa shape index (κ1) is 21.0. The highest BCUT2D eigenvalue weighted by atomic mass is 16.6. The predicted octanol–water partition coefficient (Wildman–Crippen LogP) is 2.75. The smallest absolute Gasteiger partial charge is 0.408 e. The van der Waals surface area contributed by atoms with Crippen LogP contribution >= 0.6 is 0 Å². The van der Waals surface area contributed by atoms with Crippen molar-refractivity contribution in [3.63, 3.8) is 0 Å². The summed E-state index contributed by atoms with van der Waals surface area (Å²) in [7, 11) is 1.48. The Bertz CT molecular complexity index is 536. The molecule has 0 aromatic carbocycles. The van der Waals surface area contributed by atoms with Crippen LogP contribution in [0.25, 0.3) is 0 Å². The molecule has 1 aliphatic rings. The summed E-state index contributed by atoms with van der Waals surface area (Å²) in [5, 5.41) is 2.60. The van der Waals surface area contributed by atoms with E-state index in [1.54, 1.807) is 20.8 Å². The van der Waals surface area contributed by atoms with Gasteiger partial charge < -0.3 is 14.8 Å². The second-order valence-electron chi connectivity index (χ2n) is 7.09. The molecule has 0 radical (unpaired) electrons. The van der Waals surface area contributed by atoms with Crippen LogP contribution in [-0.4, -0.2) is 47.6 Å². The van der Waals surface area contributed by atoms with Crippen LogP contribution in [0.1, 0.15) is 60.3 Å². The monoisotopic (exact) mass is 354 g/mol. The van der Waals surface area contributed by atoms with E-state index in [9.17, 15) is 14.4 Å². The fraction of sp³-hybridized carbons (Fsp3) is 0.722.